The van der Waals surface area contributed by atoms with Crippen molar-refractivity contribution in [2.75, 3.05) is 5.32 Å². The van der Waals surface area contributed by atoms with Gasteiger partial charge in [0.1, 0.15) is 10.4 Å². The van der Waals surface area contributed by atoms with Crippen LogP contribution in [0.2, 0.25) is 0 Å². The average Bonchev–Trinajstić information content (AvgIpc) is 2.30. The van der Waals surface area contributed by atoms with Gasteiger partial charge in [-0.25, -0.2) is 4.98 Å². The minimum absolute atomic E-state index is 0.190. The summed E-state index contributed by atoms with van der Waals surface area (Å²) in [6.07, 6.45) is 3.63. The second-order valence-electron chi connectivity index (χ2n) is 3.50. The Labute approximate surface area is 103 Å². The summed E-state index contributed by atoms with van der Waals surface area (Å²) < 4.78 is 0.830. The maximum Gasteiger partial charge on any atom is 0.127 e. The van der Waals surface area contributed by atoms with Crippen molar-refractivity contribution in [1.82, 2.24) is 9.97 Å². The van der Waals surface area contributed by atoms with Crippen LogP contribution in [0.3, 0.4) is 0 Å². The first-order valence-electron chi connectivity index (χ1n) is 5.05. The van der Waals surface area contributed by atoms with Crippen LogP contribution >= 0.6 is 15.9 Å². The molecule has 16 heavy (non-hydrogen) atoms. The van der Waals surface area contributed by atoms with Gasteiger partial charge in [0.2, 0.25) is 0 Å². The molecule has 0 saturated carbocycles. The number of nitrogens with zero attached hydrogens (tertiary/aromatic N) is 2. The van der Waals surface area contributed by atoms with Gasteiger partial charge in [0.25, 0.3) is 0 Å². The highest BCUT2D eigenvalue weighted by Crippen LogP contribution is 2.18. The van der Waals surface area contributed by atoms with Crippen LogP contribution in [0, 0.1) is 0 Å². The first-order valence-corrected chi connectivity index (χ1v) is 5.84. The lowest BCUT2D eigenvalue weighted by Crippen LogP contribution is -2.07. The van der Waals surface area contributed by atoms with Crippen molar-refractivity contribution < 1.29 is 0 Å². The van der Waals surface area contributed by atoms with Crippen LogP contribution < -0.4 is 5.32 Å². The Morgan fingerprint density at radius 3 is 2.81 bits per heavy atom. The highest BCUT2D eigenvalue weighted by Gasteiger charge is 2.05. The molecule has 2 rings (SSSR count). The number of anilines is 1. The molecule has 0 aliphatic heterocycles. The largest absolute Gasteiger partial charge is 0.363 e. The Kier molecular flexibility index (Phi) is 3.51. The van der Waals surface area contributed by atoms with Gasteiger partial charge in [-0.05, 0) is 46.6 Å². The van der Waals surface area contributed by atoms with Crippen LogP contribution in [0.1, 0.15) is 18.5 Å². The molecule has 0 aliphatic carbocycles. The van der Waals surface area contributed by atoms with E-state index in [0.29, 0.717) is 0 Å². The molecule has 2 aromatic rings. The topological polar surface area (TPSA) is 37.8 Å². The molecule has 0 saturated heterocycles. The summed E-state index contributed by atoms with van der Waals surface area (Å²) in [6, 6.07) is 9.97. The Bertz CT molecular complexity index is 459. The summed E-state index contributed by atoms with van der Waals surface area (Å²) in [5.41, 5.74) is 1.14. The first kappa shape index (κ1) is 11.1. The van der Waals surface area contributed by atoms with E-state index >= 15 is 0 Å². The molecule has 0 fully saturated rings. The Morgan fingerprint density at radius 2 is 2.12 bits per heavy atom. The van der Waals surface area contributed by atoms with Crippen molar-refractivity contribution in [3.05, 3.63) is 52.9 Å². The van der Waals surface area contributed by atoms with Crippen LogP contribution in [0.25, 0.3) is 0 Å². The molecule has 0 amide bonds. The predicted molar refractivity (Wildman–Crippen MR) is 68.2 cm³/mol. The third-order valence-corrected chi connectivity index (χ3v) is 2.71. The molecule has 0 radical (unpaired) electrons. The third-order valence-electron chi connectivity index (χ3n) is 2.26. The second-order valence-corrected chi connectivity index (χ2v) is 4.31. The number of hydrogen-bond acceptors (Lipinski definition) is 3. The standard InChI is InChI=1S/C12H12BrN3/c1-9(10-4-3-7-14-8-10)15-12-6-2-5-11(13)16-12/h2-9H,1H3,(H,15,16). The molecule has 3 nitrogen and oxygen atoms in total. The van der Waals surface area contributed by atoms with E-state index in [0.717, 1.165) is 16.0 Å². The lowest BCUT2D eigenvalue weighted by atomic mass is 10.1. The van der Waals surface area contributed by atoms with Gasteiger partial charge < -0.3 is 5.32 Å². The number of rotatable bonds is 3. The van der Waals surface area contributed by atoms with E-state index in [-0.39, 0.29) is 6.04 Å². The molecule has 1 N–H and O–H groups in total. The fourth-order valence-corrected chi connectivity index (χ4v) is 1.77. The first-order chi connectivity index (χ1) is 7.75. The summed E-state index contributed by atoms with van der Waals surface area (Å²) in [5.74, 6) is 0.853. The fraction of sp³-hybridized carbons (Fsp3) is 0.167. The summed E-state index contributed by atoms with van der Waals surface area (Å²) in [5, 5.41) is 3.32. The smallest absolute Gasteiger partial charge is 0.127 e. The molecular formula is C12H12BrN3. The van der Waals surface area contributed by atoms with Crippen LogP contribution in [-0.4, -0.2) is 9.97 Å². The van der Waals surface area contributed by atoms with Crippen LogP contribution in [0.5, 0.6) is 0 Å². The monoisotopic (exact) mass is 277 g/mol. The van der Waals surface area contributed by atoms with Crippen LogP contribution in [0.15, 0.2) is 47.3 Å². The molecular weight excluding hydrogens is 266 g/mol. The molecule has 2 heterocycles. The number of pyridine rings is 2. The fourth-order valence-electron chi connectivity index (χ4n) is 1.43. The van der Waals surface area contributed by atoms with Crippen molar-refractivity contribution in [3.63, 3.8) is 0 Å². The summed E-state index contributed by atoms with van der Waals surface area (Å²) in [4.78, 5) is 8.42. The molecule has 1 atom stereocenters. The highest BCUT2D eigenvalue weighted by atomic mass is 79.9. The van der Waals surface area contributed by atoms with Gasteiger partial charge in [0.05, 0.1) is 6.04 Å². The number of aromatic nitrogens is 2. The molecule has 1 unspecified atom stereocenters. The van der Waals surface area contributed by atoms with E-state index in [1.54, 1.807) is 6.20 Å². The van der Waals surface area contributed by atoms with E-state index in [1.807, 2.05) is 36.5 Å². The van der Waals surface area contributed by atoms with Gasteiger partial charge in [-0.15, -0.1) is 0 Å². The SMILES string of the molecule is CC(Nc1cccc(Br)n1)c1cccnc1. The van der Waals surface area contributed by atoms with E-state index < -0.39 is 0 Å². The Hall–Kier alpha value is -1.42. The predicted octanol–water partition coefficient (Wildman–Crippen LogP) is 3.41. The van der Waals surface area contributed by atoms with Crippen molar-refractivity contribution in [3.8, 4) is 0 Å². The van der Waals surface area contributed by atoms with E-state index in [2.05, 4.69) is 38.1 Å². The average molecular weight is 278 g/mol. The molecule has 0 aromatic carbocycles. The number of hydrogen-bond donors (Lipinski definition) is 1. The zero-order valence-electron chi connectivity index (χ0n) is 8.89. The van der Waals surface area contributed by atoms with Gasteiger partial charge in [-0.2, -0.15) is 0 Å². The van der Waals surface area contributed by atoms with Gasteiger partial charge in [0.15, 0.2) is 0 Å². The molecule has 0 bridgehead atoms. The maximum absolute atomic E-state index is 4.32. The zero-order chi connectivity index (χ0) is 11.4. The lowest BCUT2D eigenvalue weighted by molar-refractivity contribution is 0.865. The molecule has 2 aromatic heterocycles. The van der Waals surface area contributed by atoms with Crippen molar-refractivity contribution in [2.24, 2.45) is 0 Å². The second kappa shape index (κ2) is 5.07. The van der Waals surface area contributed by atoms with Crippen LogP contribution in [-0.2, 0) is 0 Å². The third kappa shape index (κ3) is 2.79. The van der Waals surface area contributed by atoms with Gasteiger partial charge >= 0.3 is 0 Å². The van der Waals surface area contributed by atoms with E-state index in [4.69, 9.17) is 0 Å². The van der Waals surface area contributed by atoms with Crippen LogP contribution in [0.4, 0.5) is 5.82 Å². The summed E-state index contributed by atoms with van der Waals surface area (Å²) in [6.45, 7) is 2.08. The van der Waals surface area contributed by atoms with Gasteiger partial charge in [0, 0.05) is 12.4 Å². The highest BCUT2D eigenvalue weighted by molar-refractivity contribution is 9.10. The zero-order valence-corrected chi connectivity index (χ0v) is 10.5. The number of halogens is 1. The van der Waals surface area contributed by atoms with E-state index in [1.165, 1.54) is 0 Å². The van der Waals surface area contributed by atoms with Gasteiger partial charge in [-0.1, -0.05) is 12.1 Å². The molecule has 82 valence electrons. The van der Waals surface area contributed by atoms with Crippen molar-refractivity contribution >= 4 is 21.7 Å². The van der Waals surface area contributed by atoms with Crippen molar-refractivity contribution in [1.29, 1.82) is 0 Å². The number of nitrogens with one attached hydrogen (secondary N) is 1. The minimum Gasteiger partial charge on any atom is -0.363 e. The lowest BCUT2D eigenvalue weighted by Gasteiger charge is -2.14. The summed E-state index contributed by atoms with van der Waals surface area (Å²) in [7, 11) is 0. The molecule has 0 aliphatic rings. The Balaban J connectivity index is 2.11. The molecule has 0 spiro atoms. The minimum atomic E-state index is 0.190. The Morgan fingerprint density at radius 1 is 1.25 bits per heavy atom. The van der Waals surface area contributed by atoms with Crippen molar-refractivity contribution in [2.45, 2.75) is 13.0 Å². The molecule has 4 heteroatoms. The maximum atomic E-state index is 4.32. The normalized spacial score (nSPS) is 12.1. The van der Waals surface area contributed by atoms with Gasteiger partial charge in [-0.3, -0.25) is 4.98 Å². The van der Waals surface area contributed by atoms with E-state index in [9.17, 15) is 0 Å². The quantitative estimate of drug-likeness (QED) is 0.874. The summed E-state index contributed by atoms with van der Waals surface area (Å²) >= 11 is 3.34.